The van der Waals surface area contributed by atoms with Crippen molar-refractivity contribution in [2.24, 2.45) is 11.8 Å². The Hall–Kier alpha value is -1.05. The smallest absolute Gasteiger partial charge is 0.243 e. The SMILES string of the molecule is C[C@@H]1C[C@@H](C)CN(S(=O)(=O)c2ccc3c(c2)NC(=O)[C@@H](C)S3)C1. The number of fused-ring (bicyclic) bond motifs is 1. The quantitative estimate of drug-likeness (QED) is 0.887. The first-order chi connectivity index (χ1) is 10.8. The fraction of sp³-hybridized carbons (Fsp3) is 0.562. The van der Waals surface area contributed by atoms with Crippen LogP contribution in [0.4, 0.5) is 5.69 Å². The Morgan fingerprint density at radius 1 is 1.17 bits per heavy atom. The number of amides is 1. The van der Waals surface area contributed by atoms with Gasteiger partial charge in [0.25, 0.3) is 0 Å². The summed E-state index contributed by atoms with van der Waals surface area (Å²) in [6.07, 6.45) is 1.06. The van der Waals surface area contributed by atoms with Crippen LogP contribution in [0, 0.1) is 11.8 Å². The molecule has 2 aliphatic heterocycles. The molecule has 2 aliphatic rings. The predicted octanol–water partition coefficient (Wildman–Crippen LogP) is 2.79. The van der Waals surface area contributed by atoms with E-state index >= 15 is 0 Å². The third kappa shape index (κ3) is 3.27. The van der Waals surface area contributed by atoms with E-state index in [1.54, 1.807) is 22.5 Å². The van der Waals surface area contributed by atoms with Crippen molar-refractivity contribution in [1.82, 2.24) is 4.31 Å². The minimum Gasteiger partial charge on any atom is -0.324 e. The van der Waals surface area contributed by atoms with Crippen LogP contribution in [0.25, 0.3) is 0 Å². The van der Waals surface area contributed by atoms with E-state index in [0.29, 0.717) is 30.6 Å². The summed E-state index contributed by atoms with van der Waals surface area (Å²) in [5, 5.41) is 2.64. The van der Waals surface area contributed by atoms with Crippen LogP contribution >= 0.6 is 11.8 Å². The second-order valence-corrected chi connectivity index (χ2v) is 10.00. The lowest BCUT2D eigenvalue weighted by atomic mass is 9.94. The fourth-order valence-electron chi connectivity index (χ4n) is 3.30. The number of benzene rings is 1. The number of nitrogens with one attached hydrogen (secondary N) is 1. The average Bonchev–Trinajstić information content (AvgIpc) is 2.47. The molecule has 1 N–H and O–H groups in total. The van der Waals surface area contributed by atoms with Crippen LogP contribution in [-0.4, -0.2) is 37.0 Å². The van der Waals surface area contributed by atoms with Crippen molar-refractivity contribution >= 4 is 33.4 Å². The van der Waals surface area contributed by atoms with Crippen molar-refractivity contribution in [2.75, 3.05) is 18.4 Å². The second kappa shape index (κ2) is 6.11. The molecule has 23 heavy (non-hydrogen) atoms. The summed E-state index contributed by atoms with van der Waals surface area (Å²) < 4.78 is 27.4. The van der Waals surface area contributed by atoms with Gasteiger partial charge in [0.15, 0.2) is 0 Å². The van der Waals surface area contributed by atoms with E-state index in [4.69, 9.17) is 0 Å². The van der Waals surface area contributed by atoms with Gasteiger partial charge in [0.2, 0.25) is 15.9 Å². The lowest BCUT2D eigenvalue weighted by Gasteiger charge is -2.34. The van der Waals surface area contributed by atoms with E-state index in [1.807, 2.05) is 6.92 Å². The monoisotopic (exact) mass is 354 g/mol. The van der Waals surface area contributed by atoms with Gasteiger partial charge in [-0.3, -0.25) is 4.79 Å². The van der Waals surface area contributed by atoms with Gasteiger partial charge in [0.1, 0.15) is 0 Å². The van der Waals surface area contributed by atoms with Gasteiger partial charge in [-0.05, 0) is 43.4 Å². The molecule has 1 fully saturated rings. The van der Waals surface area contributed by atoms with E-state index in [2.05, 4.69) is 19.2 Å². The third-order valence-electron chi connectivity index (χ3n) is 4.36. The number of hydrogen-bond donors (Lipinski definition) is 1. The largest absolute Gasteiger partial charge is 0.324 e. The highest BCUT2D eigenvalue weighted by Gasteiger charge is 2.33. The van der Waals surface area contributed by atoms with Gasteiger partial charge >= 0.3 is 0 Å². The van der Waals surface area contributed by atoms with Gasteiger partial charge in [-0.2, -0.15) is 4.31 Å². The molecule has 0 radical (unpaired) electrons. The van der Waals surface area contributed by atoms with Gasteiger partial charge in [0, 0.05) is 18.0 Å². The molecule has 7 heteroatoms. The maximum absolute atomic E-state index is 12.9. The Morgan fingerprint density at radius 2 is 1.83 bits per heavy atom. The topological polar surface area (TPSA) is 66.5 Å². The summed E-state index contributed by atoms with van der Waals surface area (Å²) in [5.41, 5.74) is 0.595. The first-order valence-electron chi connectivity index (χ1n) is 7.89. The minimum absolute atomic E-state index is 0.0859. The van der Waals surface area contributed by atoms with Crippen molar-refractivity contribution in [3.8, 4) is 0 Å². The zero-order valence-electron chi connectivity index (χ0n) is 13.6. The molecule has 0 aromatic heterocycles. The van der Waals surface area contributed by atoms with Gasteiger partial charge in [0.05, 0.1) is 15.8 Å². The zero-order chi connectivity index (χ0) is 16.8. The van der Waals surface area contributed by atoms with Crippen LogP contribution in [0.5, 0.6) is 0 Å². The molecule has 1 saturated heterocycles. The number of hydrogen-bond acceptors (Lipinski definition) is 4. The second-order valence-electron chi connectivity index (χ2n) is 6.68. The van der Waals surface area contributed by atoms with Crippen molar-refractivity contribution in [3.63, 3.8) is 0 Å². The van der Waals surface area contributed by atoms with Gasteiger partial charge in [-0.15, -0.1) is 11.8 Å². The standard InChI is InChI=1S/C16H22N2O3S2/c1-10-6-11(2)9-18(8-10)23(20,21)13-4-5-15-14(7-13)17-16(19)12(3)22-15/h4-5,7,10-12H,6,8-9H2,1-3H3,(H,17,19)/t10-,11-,12-/m1/s1. The summed E-state index contributed by atoms with van der Waals surface area (Å²) in [7, 11) is -3.52. The zero-order valence-corrected chi connectivity index (χ0v) is 15.2. The summed E-state index contributed by atoms with van der Waals surface area (Å²) in [5.74, 6) is 0.641. The molecule has 0 saturated carbocycles. The fourth-order valence-corrected chi connectivity index (χ4v) is 5.94. The Bertz CT molecular complexity index is 723. The highest BCUT2D eigenvalue weighted by atomic mass is 32.2. The molecule has 2 heterocycles. The molecule has 1 aromatic rings. The number of rotatable bonds is 2. The van der Waals surface area contributed by atoms with Crippen molar-refractivity contribution < 1.29 is 13.2 Å². The summed E-state index contributed by atoms with van der Waals surface area (Å²) in [6.45, 7) is 7.13. The third-order valence-corrected chi connectivity index (χ3v) is 7.36. The molecular weight excluding hydrogens is 332 g/mol. The van der Waals surface area contributed by atoms with Crippen molar-refractivity contribution in [1.29, 1.82) is 0 Å². The van der Waals surface area contributed by atoms with Gasteiger partial charge in [-0.25, -0.2) is 8.42 Å². The van der Waals surface area contributed by atoms with E-state index < -0.39 is 10.0 Å². The van der Waals surface area contributed by atoms with E-state index in [1.165, 1.54) is 11.8 Å². The lowest BCUT2D eigenvalue weighted by molar-refractivity contribution is -0.115. The van der Waals surface area contributed by atoms with E-state index in [9.17, 15) is 13.2 Å². The van der Waals surface area contributed by atoms with Crippen LogP contribution < -0.4 is 5.32 Å². The molecule has 3 rings (SSSR count). The number of sulfonamides is 1. The van der Waals surface area contributed by atoms with Crippen LogP contribution in [0.1, 0.15) is 27.2 Å². The Morgan fingerprint density at radius 3 is 2.48 bits per heavy atom. The van der Waals surface area contributed by atoms with Crippen LogP contribution in [0.15, 0.2) is 28.0 Å². The van der Waals surface area contributed by atoms with Crippen LogP contribution in [0.3, 0.4) is 0 Å². The predicted molar refractivity (Wildman–Crippen MR) is 92.1 cm³/mol. The summed E-state index contributed by atoms with van der Waals surface area (Å²) in [4.78, 5) is 13.0. The molecular formula is C16H22N2O3S2. The number of piperidine rings is 1. The number of nitrogens with zero attached hydrogens (tertiary/aromatic N) is 1. The number of anilines is 1. The molecule has 0 unspecified atom stereocenters. The first kappa shape index (κ1) is 16.8. The highest BCUT2D eigenvalue weighted by molar-refractivity contribution is 8.01. The van der Waals surface area contributed by atoms with E-state index in [-0.39, 0.29) is 16.1 Å². The summed E-state index contributed by atoms with van der Waals surface area (Å²) >= 11 is 1.46. The molecule has 0 aliphatic carbocycles. The van der Waals surface area contributed by atoms with Gasteiger partial charge < -0.3 is 5.32 Å². The molecule has 126 valence electrons. The molecule has 1 aromatic carbocycles. The molecule has 0 bridgehead atoms. The normalized spacial score (nSPS) is 29.0. The molecule has 1 amide bonds. The van der Waals surface area contributed by atoms with Crippen LogP contribution in [0.2, 0.25) is 0 Å². The maximum Gasteiger partial charge on any atom is 0.243 e. The molecule has 3 atom stereocenters. The number of carbonyl (C=O) groups is 1. The maximum atomic E-state index is 12.9. The van der Waals surface area contributed by atoms with Crippen molar-refractivity contribution in [2.45, 2.75) is 42.2 Å². The first-order valence-corrected chi connectivity index (χ1v) is 10.2. The van der Waals surface area contributed by atoms with Gasteiger partial charge in [-0.1, -0.05) is 13.8 Å². The number of carbonyl (C=O) groups excluding carboxylic acids is 1. The highest BCUT2D eigenvalue weighted by Crippen LogP contribution is 2.37. The van der Waals surface area contributed by atoms with Crippen LogP contribution in [-0.2, 0) is 14.8 Å². The summed E-state index contributed by atoms with van der Waals surface area (Å²) in [6, 6.07) is 5.03. The minimum atomic E-state index is -3.52. The Balaban J connectivity index is 1.92. The Kier molecular flexibility index (Phi) is 4.46. The average molecular weight is 354 g/mol. The molecule has 0 spiro atoms. The molecule has 5 nitrogen and oxygen atoms in total. The van der Waals surface area contributed by atoms with Crippen molar-refractivity contribution in [3.05, 3.63) is 18.2 Å². The Labute approximate surface area is 141 Å². The number of thioether (sulfide) groups is 1. The lowest BCUT2D eigenvalue weighted by Crippen LogP contribution is -2.42. The van der Waals surface area contributed by atoms with E-state index in [0.717, 1.165) is 11.3 Å².